The van der Waals surface area contributed by atoms with Crippen molar-refractivity contribution in [2.24, 2.45) is 5.73 Å². The molecule has 2 N–H and O–H groups in total. The Morgan fingerprint density at radius 1 is 1.17 bits per heavy atom. The van der Waals surface area contributed by atoms with Crippen molar-refractivity contribution in [3.8, 4) is 5.75 Å². The van der Waals surface area contributed by atoms with E-state index < -0.39 is 5.54 Å². The Kier molecular flexibility index (Phi) is 3.63. The fourth-order valence-corrected chi connectivity index (χ4v) is 2.13. The zero-order valence-electron chi connectivity index (χ0n) is 10.8. The van der Waals surface area contributed by atoms with Crippen LogP contribution in [-0.2, 0) is 5.54 Å². The maximum absolute atomic E-state index is 6.57. The molecule has 3 heteroatoms. The summed E-state index contributed by atoms with van der Waals surface area (Å²) in [4.78, 5) is 4.42. The van der Waals surface area contributed by atoms with Crippen molar-refractivity contribution in [3.05, 3.63) is 59.9 Å². The van der Waals surface area contributed by atoms with Gasteiger partial charge in [0.1, 0.15) is 11.4 Å². The first kappa shape index (κ1) is 12.6. The van der Waals surface area contributed by atoms with Crippen LogP contribution >= 0.6 is 0 Å². The highest BCUT2D eigenvalue weighted by atomic mass is 16.5. The normalized spacial score (nSPS) is 13.9. The first-order chi connectivity index (χ1) is 8.72. The Balaban J connectivity index is 2.57. The smallest absolute Gasteiger partial charge is 0.142 e. The highest BCUT2D eigenvalue weighted by Gasteiger charge is 2.31. The van der Waals surface area contributed by atoms with E-state index in [0.29, 0.717) is 0 Å². The lowest BCUT2D eigenvalue weighted by molar-refractivity contribution is 0.385. The minimum atomic E-state index is -0.617. The number of hydrogen-bond acceptors (Lipinski definition) is 3. The molecule has 0 aliphatic heterocycles. The van der Waals surface area contributed by atoms with Gasteiger partial charge in [0.15, 0.2) is 0 Å². The van der Waals surface area contributed by atoms with E-state index >= 15 is 0 Å². The van der Waals surface area contributed by atoms with Gasteiger partial charge in [-0.3, -0.25) is 4.98 Å². The van der Waals surface area contributed by atoms with Crippen molar-refractivity contribution >= 4 is 0 Å². The zero-order chi connectivity index (χ0) is 13.0. The third-order valence-electron chi connectivity index (χ3n) is 3.26. The number of benzene rings is 1. The first-order valence-electron chi connectivity index (χ1n) is 6.06. The molecular weight excluding hydrogens is 224 g/mol. The van der Waals surface area contributed by atoms with Crippen LogP contribution in [0.4, 0.5) is 0 Å². The predicted octanol–water partition coefficient (Wildman–Crippen LogP) is 2.70. The molecule has 0 aliphatic rings. The molecule has 2 aromatic rings. The van der Waals surface area contributed by atoms with Gasteiger partial charge in [0, 0.05) is 6.20 Å². The van der Waals surface area contributed by atoms with E-state index in [-0.39, 0.29) is 0 Å². The lowest BCUT2D eigenvalue weighted by Crippen LogP contribution is -2.38. The average molecular weight is 242 g/mol. The SMILES string of the molecule is CCC(N)(c1ccccc1)c1ncccc1OC. The number of hydrogen-bond donors (Lipinski definition) is 1. The maximum Gasteiger partial charge on any atom is 0.142 e. The minimum absolute atomic E-state index is 0.617. The molecule has 0 saturated heterocycles. The van der Waals surface area contributed by atoms with Crippen LogP contribution in [-0.4, -0.2) is 12.1 Å². The molecule has 3 nitrogen and oxygen atoms in total. The van der Waals surface area contributed by atoms with Crippen molar-refractivity contribution in [2.45, 2.75) is 18.9 Å². The van der Waals surface area contributed by atoms with E-state index in [9.17, 15) is 0 Å². The van der Waals surface area contributed by atoms with Gasteiger partial charge in [-0.05, 0) is 24.1 Å². The highest BCUT2D eigenvalue weighted by Crippen LogP contribution is 2.34. The molecular formula is C15H18N2O. The molecule has 1 unspecified atom stereocenters. The summed E-state index contributed by atoms with van der Waals surface area (Å²) in [6.45, 7) is 2.06. The largest absolute Gasteiger partial charge is 0.495 e. The molecule has 0 aliphatic carbocycles. The Morgan fingerprint density at radius 2 is 1.89 bits per heavy atom. The van der Waals surface area contributed by atoms with Crippen LogP contribution in [0.2, 0.25) is 0 Å². The molecule has 0 saturated carbocycles. The quantitative estimate of drug-likeness (QED) is 0.896. The highest BCUT2D eigenvalue weighted by molar-refractivity contribution is 5.41. The van der Waals surface area contributed by atoms with Crippen LogP contribution in [0.15, 0.2) is 48.7 Å². The summed E-state index contributed by atoms with van der Waals surface area (Å²) >= 11 is 0. The number of nitrogens with two attached hydrogens (primary N) is 1. The third kappa shape index (κ3) is 2.09. The van der Waals surface area contributed by atoms with E-state index in [1.54, 1.807) is 13.3 Å². The van der Waals surface area contributed by atoms with Gasteiger partial charge in [-0.15, -0.1) is 0 Å². The summed E-state index contributed by atoms with van der Waals surface area (Å²) in [6, 6.07) is 13.8. The topological polar surface area (TPSA) is 48.1 Å². The van der Waals surface area contributed by atoms with E-state index in [1.807, 2.05) is 42.5 Å². The van der Waals surface area contributed by atoms with Gasteiger partial charge in [-0.25, -0.2) is 0 Å². The van der Waals surface area contributed by atoms with Gasteiger partial charge in [-0.2, -0.15) is 0 Å². The number of ether oxygens (including phenoxy) is 1. The molecule has 0 spiro atoms. The Labute approximate surface area is 108 Å². The molecule has 1 aromatic carbocycles. The molecule has 0 fully saturated rings. The summed E-state index contributed by atoms with van der Waals surface area (Å²) in [5.74, 6) is 0.728. The molecule has 94 valence electrons. The molecule has 18 heavy (non-hydrogen) atoms. The van der Waals surface area contributed by atoms with Crippen LogP contribution in [0.1, 0.15) is 24.6 Å². The molecule has 0 amide bonds. The van der Waals surface area contributed by atoms with E-state index in [1.165, 1.54) is 0 Å². The second-order valence-electron chi connectivity index (χ2n) is 4.25. The fraction of sp³-hybridized carbons (Fsp3) is 0.267. The van der Waals surface area contributed by atoms with Gasteiger partial charge in [0.2, 0.25) is 0 Å². The fourth-order valence-electron chi connectivity index (χ4n) is 2.13. The average Bonchev–Trinajstić information content (AvgIpc) is 2.47. The van der Waals surface area contributed by atoms with Gasteiger partial charge in [-0.1, -0.05) is 37.3 Å². The summed E-state index contributed by atoms with van der Waals surface area (Å²) in [7, 11) is 1.64. The van der Waals surface area contributed by atoms with Crippen molar-refractivity contribution in [3.63, 3.8) is 0 Å². The number of pyridine rings is 1. The molecule has 1 atom stereocenters. The summed E-state index contributed by atoms with van der Waals surface area (Å²) in [5.41, 5.74) is 7.78. The van der Waals surface area contributed by atoms with Gasteiger partial charge >= 0.3 is 0 Å². The lowest BCUT2D eigenvalue weighted by Gasteiger charge is -2.29. The number of nitrogens with zero attached hydrogens (tertiary/aromatic N) is 1. The molecule has 2 rings (SSSR count). The molecule has 0 radical (unpaired) electrons. The Bertz CT molecular complexity index is 513. The second kappa shape index (κ2) is 5.19. The van der Waals surface area contributed by atoms with Gasteiger partial charge in [0.25, 0.3) is 0 Å². The van der Waals surface area contributed by atoms with E-state index in [4.69, 9.17) is 10.5 Å². The van der Waals surface area contributed by atoms with Gasteiger partial charge in [0.05, 0.1) is 12.6 Å². The summed E-state index contributed by atoms with van der Waals surface area (Å²) in [6.07, 6.45) is 2.50. The summed E-state index contributed by atoms with van der Waals surface area (Å²) in [5, 5.41) is 0. The van der Waals surface area contributed by atoms with E-state index in [2.05, 4.69) is 11.9 Å². The molecule has 0 bridgehead atoms. The minimum Gasteiger partial charge on any atom is -0.495 e. The van der Waals surface area contributed by atoms with Crippen LogP contribution < -0.4 is 10.5 Å². The van der Waals surface area contributed by atoms with Crippen molar-refractivity contribution < 1.29 is 4.74 Å². The third-order valence-corrected chi connectivity index (χ3v) is 3.26. The monoisotopic (exact) mass is 242 g/mol. The van der Waals surface area contributed by atoms with E-state index in [0.717, 1.165) is 23.4 Å². The Hall–Kier alpha value is -1.87. The van der Waals surface area contributed by atoms with Crippen molar-refractivity contribution in [1.82, 2.24) is 4.98 Å². The first-order valence-corrected chi connectivity index (χ1v) is 6.06. The molecule has 1 heterocycles. The van der Waals surface area contributed by atoms with Crippen molar-refractivity contribution in [2.75, 3.05) is 7.11 Å². The number of aromatic nitrogens is 1. The Morgan fingerprint density at radius 3 is 2.50 bits per heavy atom. The van der Waals surface area contributed by atoms with Crippen molar-refractivity contribution in [1.29, 1.82) is 0 Å². The van der Waals surface area contributed by atoms with Crippen LogP contribution in [0.3, 0.4) is 0 Å². The maximum atomic E-state index is 6.57. The lowest BCUT2D eigenvalue weighted by atomic mass is 9.84. The van der Waals surface area contributed by atoms with Crippen LogP contribution in [0, 0.1) is 0 Å². The number of methoxy groups -OCH3 is 1. The predicted molar refractivity (Wildman–Crippen MR) is 72.5 cm³/mol. The standard InChI is InChI=1S/C15H18N2O/c1-3-15(16,12-8-5-4-6-9-12)14-13(18-2)10-7-11-17-14/h4-11H,3,16H2,1-2H3. The second-order valence-corrected chi connectivity index (χ2v) is 4.25. The van der Waals surface area contributed by atoms with Crippen LogP contribution in [0.5, 0.6) is 5.75 Å². The van der Waals surface area contributed by atoms with Gasteiger partial charge < -0.3 is 10.5 Å². The zero-order valence-corrected chi connectivity index (χ0v) is 10.8. The van der Waals surface area contributed by atoms with Crippen LogP contribution in [0.25, 0.3) is 0 Å². The molecule has 1 aromatic heterocycles. The number of rotatable bonds is 4. The summed E-state index contributed by atoms with van der Waals surface area (Å²) < 4.78 is 5.37.